The van der Waals surface area contributed by atoms with Crippen LogP contribution in [0.5, 0.6) is 17.2 Å². The van der Waals surface area contributed by atoms with Gasteiger partial charge in [0.05, 0.1) is 31.0 Å². The lowest BCUT2D eigenvalue weighted by Gasteiger charge is -2.10. The molecule has 1 heterocycles. The van der Waals surface area contributed by atoms with Crippen LogP contribution < -0.4 is 19.6 Å². The molecule has 0 aliphatic heterocycles. The van der Waals surface area contributed by atoms with Crippen molar-refractivity contribution in [2.75, 3.05) is 14.2 Å². The third kappa shape index (κ3) is 6.06. The largest absolute Gasteiger partial charge is 0.497 e. The second-order valence-electron chi connectivity index (χ2n) is 8.90. The Hall–Kier alpha value is -4.50. The molecule has 0 atom stereocenters. The maximum absolute atomic E-state index is 13.3. The molecule has 4 aromatic carbocycles. The molecule has 11 heteroatoms. The van der Waals surface area contributed by atoms with Gasteiger partial charge in [-0.3, -0.25) is 4.79 Å². The van der Waals surface area contributed by atoms with E-state index in [1.165, 1.54) is 20.4 Å². The lowest BCUT2D eigenvalue weighted by atomic mass is 10.0. The van der Waals surface area contributed by atoms with Crippen molar-refractivity contribution in [3.05, 3.63) is 111 Å². The second kappa shape index (κ2) is 12.6. The van der Waals surface area contributed by atoms with E-state index in [-0.39, 0.29) is 11.4 Å². The van der Waals surface area contributed by atoms with E-state index < -0.39 is 11.9 Å². The summed E-state index contributed by atoms with van der Waals surface area (Å²) in [6.45, 7) is 0. The third-order valence-electron chi connectivity index (χ3n) is 6.26. The van der Waals surface area contributed by atoms with E-state index in [0.717, 1.165) is 0 Å². The van der Waals surface area contributed by atoms with Gasteiger partial charge >= 0.3 is 5.97 Å². The number of hydrogen-bond donors (Lipinski definition) is 2. The minimum Gasteiger partial charge on any atom is -0.497 e. The van der Waals surface area contributed by atoms with Gasteiger partial charge in [-0.15, -0.1) is 0 Å². The van der Waals surface area contributed by atoms with Gasteiger partial charge in [0.1, 0.15) is 11.4 Å². The zero-order valence-electron chi connectivity index (χ0n) is 22.2. The SMILES string of the molecule is COc1cccc(C(=O)Oc2ccc(C=NNC(=O)c3[nH]c4cc(Cl)cc(Cl)c4c3-c3ccccc3Cl)cc2OC)c1. The van der Waals surface area contributed by atoms with E-state index in [9.17, 15) is 9.59 Å². The molecule has 0 radical (unpaired) electrons. The van der Waals surface area contributed by atoms with E-state index in [1.54, 1.807) is 72.8 Å². The fourth-order valence-electron chi connectivity index (χ4n) is 4.33. The smallest absolute Gasteiger partial charge is 0.343 e. The number of benzene rings is 4. The quantitative estimate of drug-likeness (QED) is 0.0796. The molecule has 212 valence electrons. The van der Waals surface area contributed by atoms with Crippen LogP contribution in [0.2, 0.25) is 15.1 Å². The predicted octanol–water partition coefficient (Wildman–Crippen LogP) is 7.80. The highest BCUT2D eigenvalue weighted by Gasteiger charge is 2.23. The molecule has 0 fully saturated rings. The Morgan fingerprint density at radius 2 is 1.67 bits per heavy atom. The molecule has 2 N–H and O–H groups in total. The first kappa shape index (κ1) is 29.0. The van der Waals surface area contributed by atoms with Crippen molar-refractivity contribution in [2.45, 2.75) is 0 Å². The van der Waals surface area contributed by atoms with E-state index in [2.05, 4.69) is 15.5 Å². The first-order valence-electron chi connectivity index (χ1n) is 12.4. The molecule has 5 aromatic rings. The highest BCUT2D eigenvalue weighted by Crippen LogP contribution is 2.41. The standard InChI is InChI=1S/C31H22Cl3N3O5/c1-40-20-7-5-6-18(13-20)31(39)42-25-11-10-17(12-26(25)41-2)16-35-37-30(38)29-27(21-8-3-4-9-22(21)33)28-23(34)14-19(32)15-24(28)36-29/h3-16,36H,1-2H3,(H,37,38). The number of esters is 1. The van der Waals surface area contributed by atoms with Gasteiger partial charge in [-0.2, -0.15) is 5.10 Å². The number of rotatable bonds is 8. The van der Waals surface area contributed by atoms with Crippen molar-refractivity contribution in [3.63, 3.8) is 0 Å². The molecular formula is C31H22Cl3N3O5. The summed E-state index contributed by atoms with van der Waals surface area (Å²) >= 11 is 19.2. The Kier molecular flexibility index (Phi) is 8.68. The van der Waals surface area contributed by atoms with Gasteiger partial charge in [-0.05, 0) is 60.2 Å². The normalized spacial score (nSPS) is 11.1. The molecule has 0 bridgehead atoms. The van der Waals surface area contributed by atoms with Crippen LogP contribution in [0.3, 0.4) is 0 Å². The monoisotopic (exact) mass is 621 g/mol. The topological polar surface area (TPSA) is 102 Å². The van der Waals surface area contributed by atoms with Crippen LogP contribution >= 0.6 is 34.8 Å². The van der Waals surface area contributed by atoms with Crippen molar-refractivity contribution < 1.29 is 23.8 Å². The minimum absolute atomic E-state index is 0.205. The molecule has 8 nitrogen and oxygen atoms in total. The highest BCUT2D eigenvalue weighted by molar-refractivity contribution is 6.41. The van der Waals surface area contributed by atoms with Gasteiger partial charge in [0, 0.05) is 32.1 Å². The van der Waals surface area contributed by atoms with Crippen LogP contribution in [-0.2, 0) is 0 Å². The molecule has 0 unspecified atom stereocenters. The van der Waals surface area contributed by atoms with E-state index in [4.69, 9.17) is 49.0 Å². The summed E-state index contributed by atoms with van der Waals surface area (Å²) < 4.78 is 16.1. The average molecular weight is 623 g/mol. The zero-order valence-corrected chi connectivity index (χ0v) is 24.5. The number of aromatic amines is 1. The van der Waals surface area contributed by atoms with Gasteiger partial charge < -0.3 is 19.2 Å². The van der Waals surface area contributed by atoms with Gasteiger partial charge in [0.15, 0.2) is 11.5 Å². The molecule has 0 aliphatic rings. The van der Waals surface area contributed by atoms with Crippen LogP contribution in [0.25, 0.3) is 22.0 Å². The summed E-state index contributed by atoms with van der Waals surface area (Å²) in [6.07, 6.45) is 1.43. The number of aromatic nitrogens is 1. The Morgan fingerprint density at radius 3 is 2.43 bits per heavy atom. The zero-order chi connectivity index (χ0) is 29.8. The van der Waals surface area contributed by atoms with Crippen molar-refractivity contribution in [1.29, 1.82) is 0 Å². The van der Waals surface area contributed by atoms with Gasteiger partial charge in [0.2, 0.25) is 0 Å². The number of hydrogen-bond acceptors (Lipinski definition) is 6. The summed E-state index contributed by atoms with van der Waals surface area (Å²) in [6, 6.07) is 21.9. The number of fused-ring (bicyclic) bond motifs is 1. The number of H-pyrrole nitrogens is 1. The highest BCUT2D eigenvalue weighted by atomic mass is 35.5. The fourth-order valence-corrected chi connectivity index (χ4v) is 5.15. The van der Waals surface area contributed by atoms with Gasteiger partial charge in [-0.25, -0.2) is 10.2 Å². The molecule has 1 amide bonds. The summed E-state index contributed by atoms with van der Waals surface area (Å²) in [5.41, 5.74) is 5.34. The van der Waals surface area contributed by atoms with Crippen molar-refractivity contribution >= 4 is 63.8 Å². The number of hydrazone groups is 1. The van der Waals surface area contributed by atoms with Crippen LogP contribution in [0.15, 0.2) is 84.0 Å². The minimum atomic E-state index is -0.574. The Balaban J connectivity index is 1.38. The number of nitrogens with zero attached hydrogens (tertiary/aromatic N) is 1. The first-order chi connectivity index (χ1) is 20.3. The Bertz CT molecular complexity index is 1850. The first-order valence-corrected chi connectivity index (χ1v) is 13.6. The van der Waals surface area contributed by atoms with Crippen molar-refractivity contribution in [3.8, 4) is 28.4 Å². The second-order valence-corrected chi connectivity index (χ2v) is 10.1. The number of ether oxygens (including phenoxy) is 3. The Morgan fingerprint density at radius 1 is 0.857 bits per heavy atom. The number of nitrogens with one attached hydrogen (secondary N) is 2. The van der Waals surface area contributed by atoms with Gasteiger partial charge in [0.25, 0.3) is 5.91 Å². The Labute approximate surface area is 255 Å². The maximum atomic E-state index is 13.3. The van der Waals surface area contributed by atoms with Crippen LogP contribution in [0, 0.1) is 0 Å². The van der Waals surface area contributed by atoms with Crippen molar-refractivity contribution in [1.82, 2.24) is 10.4 Å². The summed E-state index contributed by atoms with van der Waals surface area (Å²) in [4.78, 5) is 29.1. The number of carbonyl (C=O) groups is 2. The molecule has 0 aliphatic carbocycles. The van der Waals surface area contributed by atoms with Crippen molar-refractivity contribution in [2.24, 2.45) is 5.10 Å². The summed E-state index contributed by atoms with van der Waals surface area (Å²) in [5, 5.41) is 5.93. The lowest BCUT2D eigenvalue weighted by Crippen LogP contribution is -2.19. The summed E-state index contributed by atoms with van der Waals surface area (Å²) in [5.74, 6) is -0.0622. The van der Waals surface area contributed by atoms with E-state index in [1.807, 2.05) is 6.07 Å². The van der Waals surface area contributed by atoms with Crippen LogP contribution in [-0.4, -0.2) is 37.3 Å². The fraction of sp³-hybridized carbons (Fsp3) is 0.0645. The molecule has 1 aromatic heterocycles. The van der Waals surface area contributed by atoms with Gasteiger partial charge in [-0.1, -0.05) is 59.1 Å². The molecular weight excluding hydrogens is 601 g/mol. The van der Waals surface area contributed by atoms with Crippen LogP contribution in [0.1, 0.15) is 26.4 Å². The number of amides is 1. The predicted molar refractivity (Wildman–Crippen MR) is 165 cm³/mol. The lowest BCUT2D eigenvalue weighted by molar-refractivity contribution is 0.0729. The number of methoxy groups -OCH3 is 2. The molecule has 0 saturated carbocycles. The van der Waals surface area contributed by atoms with Crippen LogP contribution in [0.4, 0.5) is 0 Å². The molecule has 42 heavy (non-hydrogen) atoms. The van der Waals surface area contributed by atoms with E-state index in [0.29, 0.717) is 59.7 Å². The number of carbonyl (C=O) groups excluding carboxylic acids is 2. The third-order valence-corrected chi connectivity index (χ3v) is 7.11. The number of halogens is 3. The molecule has 5 rings (SSSR count). The summed E-state index contributed by atoms with van der Waals surface area (Å²) in [7, 11) is 2.96. The molecule has 0 spiro atoms. The maximum Gasteiger partial charge on any atom is 0.343 e. The molecule has 0 saturated heterocycles. The van der Waals surface area contributed by atoms with E-state index >= 15 is 0 Å². The average Bonchev–Trinajstić information content (AvgIpc) is 3.37.